The van der Waals surface area contributed by atoms with Gasteiger partial charge in [-0.1, -0.05) is 0 Å². The van der Waals surface area contributed by atoms with Gasteiger partial charge in [-0.3, -0.25) is 9.59 Å². The van der Waals surface area contributed by atoms with Gasteiger partial charge < -0.3 is 10.1 Å². The summed E-state index contributed by atoms with van der Waals surface area (Å²) in [5, 5.41) is 13.5. The number of nitrogens with zero attached hydrogens (tertiary/aromatic N) is 1. The monoisotopic (exact) mass is 364 g/mol. The van der Waals surface area contributed by atoms with Crippen LogP contribution in [0.15, 0.2) is 40.6 Å². The second kappa shape index (κ2) is 9.05. The van der Waals surface area contributed by atoms with Gasteiger partial charge >= 0.3 is 5.97 Å². The zero-order valence-corrected chi connectivity index (χ0v) is 14.1. The molecule has 0 unspecified atom stereocenters. The highest BCUT2D eigenvalue weighted by atomic mass is 32.2. The summed E-state index contributed by atoms with van der Waals surface area (Å²) in [6, 6.07) is 9.52. The number of amides is 1. The lowest BCUT2D eigenvalue weighted by molar-refractivity contribution is -0.146. The lowest BCUT2D eigenvalue weighted by Gasteiger charge is -2.05. The number of thioether (sulfide) groups is 1. The van der Waals surface area contributed by atoms with Gasteiger partial charge in [0, 0.05) is 10.6 Å². The number of esters is 1. The maximum absolute atomic E-state index is 12.8. The third-order valence-electron chi connectivity index (χ3n) is 2.79. The van der Waals surface area contributed by atoms with E-state index in [0.29, 0.717) is 16.3 Å². The van der Waals surface area contributed by atoms with Crippen LogP contribution >= 0.6 is 23.1 Å². The molecule has 0 bridgehead atoms. The highest BCUT2D eigenvalue weighted by molar-refractivity contribution is 7.99. The highest BCUT2D eigenvalue weighted by Gasteiger charge is 2.11. The Labute approximate surface area is 146 Å². The molecule has 0 fully saturated rings. The number of nitriles is 1. The van der Waals surface area contributed by atoms with E-state index in [1.54, 1.807) is 23.6 Å². The number of rotatable bonds is 7. The maximum atomic E-state index is 12.8. The maximum Gasteiger partial charge on any atom is 0.307 e. The Morgan fingerprint density at radius 3 is 2.75 bits per heavy atom. The Balaban J connectivity index is 1.66. The molecule has 0 aliphatic heterocycles. The summed E-state index contributed by atoms with van der Waals surface area (Å²) in [7, 11) is 0. The molecule has 1 N–H and O–H groups in total. The van der Waals surface area contributed by atoms with Crippen molar-refractivity contribution in [2.75, 3.05) is 17.7 Å². The first kappa shape index (κ1) is 18.0. The Morgan fingerprint density at radius 1 is 1.29 bits per heavy atom. The van der Waals surface area contributed by atoms with Crippen LogP contribution in [-0.2, 0) is 14.3 Å². The van der Waals surface area contributed by atoms with Crippen molar-refractivity contribution in [1.29, 1.82) is 5.26 Å². The van der Waals surface area contributed by atoms with E-state index in [1.165, 1.54) is 35.2 Å². The molecule has 1 amide bonds. The van der Waals surface area contributed by atoms with Crippen LogP contribution < -0.4 is 5.32 Å². The average molecular weight is 364 g/mol. The van der Waals surface area contributed by atoms with E-state index in [2.05, 4.69) is 5.32 Å². The summed E-state index contributed by atoms with van der Waals surface area (Å²) in [4.78, 5) is 24.1. The molecule has 0 atom stereocenters. The lowest BCUT2D eigenvalue weighted by atomic mass is 10.3. The van der Waals surface area contributed by atoms with Gasteiger partial charge in [-0.15, -0.1) is 23.1 Å². The van der Waals surface area contributed by atoms with E-state index >= 15 is 0 Å². The molecular weight excluding hydrogens is 351 g/mol. The van der Waals surface area contributed by atoms with Crippen molar-refractivity contribution in [3.8, 4) is 6.07 Å². The number of anilines is 1. The van der Waals surface area contributed by atoms with Crippen LogP contribution in [0, 0.1) is 17.1 Å². The van der Waals surface area contributed by atoms with Crippen LogP contribution in [0.1, 0.15) is 12.0 Å². The molecule has 0 aliphatic carbocycles. The van der Waals surface area contributed by atoms with E-state index in [4.69, 9.17) is 10.00 Å². The highest BCUT2D eigenvalue weighted by Crippen LogP contribution is 2.22. The van der Waals surface area contributed by atoms with Crippen LogP contribution in [0.5, 0.6) is 0 Å². The second-order valence-corrected chi connectivity index (χ2v) is 6.62. The molecule has 2 rings (SSSR count). The van der Waals surface area contributed by atoms with Gasteiger partial charge in [-0.05, 0) is 35.7 Å². The van der Waals surface area contributed by atoms with Crippen LogP contribution in [-0.4, -0.2) is 24.2 Å². The summed E-state index contributed by atoms with van der Waals surface area (Å²) < 4.78 is 17.6. The minimum atomic E-state index is -0.494. The molecule has 2 aromatic rings. The molecule has 0 spiro atoms. The zero-order valence-electron chi connectivity index (χ0n) is 12.5. The van der Waals surface area contributed by atoms with E-state index in [-0.39, 0.29) is 12.2 Å². The second-order valence-electron chi connectivity index (χ2n) is 4.54. The molecule has 0 radical (unpaired) electrons. The largest absolute Gasteiger partial charge is 0.456 e. The van der Waals surface area contributed by atoms with Gasteiger partial charge in [0.1, 0.15) is 16.9 Å². The summed E-state index contributed by atoms with van der Waals surface area (Å²) in [5.41, 5.74) is 0.371. The number of carbonyl (C=O) groups is 2. The van der Waals surface area contributed by atoms with Gasteiger partial charge in [-0.25, -0.2) is 4.39 Å². The number of ether oxygens (including phenoxy) is 1. The van der Waals surface area contributed by atoms with Crippen molar-refractivity contribution < 1.29 is 18.7 Å². The van der Waals surface area contributed by atoms with E-state index in [9.17, 15) is 14.0 Å². The van der Waals surface area contributed by atoms with Gasteiger partial charge in [0.05, 0.1) is 12.0 Å². The molecule has 24 heavy (non-hydrogen) atoms. The molecule has 1 heterocycles. The molecule has 0 saturated heterocycles. The minimum absolute atomic E-state index is 0.137. The van der Waals surface area contributed by atoms with Crippen molar-refractivity contribution in [2.45, 2.75) is 11.3 Å². The van der Waals surface area contributed by atoms with Crippen molar-refractivity contribution in [1.82, 2.24) is 0 Å². The van der Waals surface area contributed by atoms with Crippen molar-refractivity contribution in [2.24, 2.45) is 0 Å². The summed E-state index contributed by atoms with van der Waals surface area (Å²) >= 11 is 2.62. The standard InChI is InChI=1S/C16H13FN2O3S2/c17-12-1-3-13(4-2-12)23-8-6-15(21)22-10-14(20)19-16-11(9-18)5-7-24-16/h1-5,7H,6,8,10H2,(H,19,20). The summed E-state index contributed by atoms with van der Waals surface area (Å²) in [6.07, 6.45) is 0.137. The van der Waals surface area contributed by atoms with Crippen molar-refractivity contribution >= 4 is 40.0 Å². The first-order chi connectivity index (χ1) is 11.6. The Hall–Kier alpha value is -2.37. The molecule has 1 aromatic heterocycles. The van der Waals surface area contributed by atoms with E-state index < -0.39 is 18.5 Å². The van der Waals surface area contributed by atoms with Crippen LogP contribution in [0.2, 0.25) is 0 Å². The summed E-state index contributed by atoms with van der Waals surface area (Å²) in [5.74, 6) is -0.828. The Bertz CT molecular complexity index is 753. The van der Waals surface area contributed by atoms with Gasteiger partial charge in [-0.2, -0.15) is 5.26 Å². The fraction of sp³-hybridized carbons (Fsp3) is 0.188. The number of hydrogen-bond acceptors (Lipinski definition) is 6. The smallest absolute Gasteiger partial charge is 0.307 e. The molecule has 124 valence electrons. The lowest BCUT2D eigenvalue weighted by Crippen LogP contribution is -2.20. The molecule has 0 aliphatic rings. The molecule has 1 aromatic carbocycles. The number of nitrogens with one attached hydrogen (secondary N) is 1. The molecule has 0 saturated carbocycles. The van der Waals surface area contributed by atoms with Gasteiger partial charge in [0.25, 0.3) is 5.91 Å². The quantitative estimate of drug-likeness (QED) is 0.601. The normalized spacial score (nSPS) is 10.0. The predicted molar refractivity (Wildman–Crippen MR) is 90.4 cm³/mol. The van der Waals surface area contributed by atoms with E-state index in [1.807, 2.05) is 6.07 Å². The van der Waals surface area contributed by atoms with Crippen LogP contribution in [0.25, 0.3) is 0 Å². The number of carbonyl (C=O) groups excluding carboxylic acids is 2. The third-order valence-corrected chi connectivity index (χ3v) is 4.64. The predicted octanol–water partition coefficient (Wildman–Crippen LogP) is 3.42. The van der Waals surface area contributed by atoms with E-state index in [0.717, 1.165) is 4.90 Å². The fourth-order valence-corrected chi connectivity index (χ4v) is 3.24. The van der Waals surface area contributed by atoms with Crippen LogP contribution in [0.3, 0.4) is 0 Å². The molecule has 5 nitrogen and oxygen atoms in total. The topological polar surface area (TPSA) is 79.2 Å². The molecular formula is C16H13FN2O3S2. The number of thiophene rings is 1. The van der Waals surface area contributed by atoms with Crippen molar-refractivity contribution in [3.05, 3.63) is 47.1 Å². The first-order valence-electron chi connectivity index (χ1n) is 6.90. The number of benzene rings is 1. The average Bonchev–Trinajstić information content (AvgIpc) is 3.02. The Morgan fingerprint density at radius 2 is 2.04 bits per heavy atom. The summed E-state index contributed by atoms with van der Waals surface area (Å²) in [6.45, 7) is -0.400. The zero-order chi connectivity index (χ0) is 17.4. The Kier molecular flexibility index (Phi) is 6.78. The number of halogens is 1. The minimum Gasteiger partial charge on any atom is -0.456 e. The third kappa shape index (κ3) is 5.68. The SMILES string of the molecule is N#Cc1ccsc1NC(=O)COC(=O)CCSc1ccc(F)cc1. The van der Waals surface area contributed by atoms with Crippen molar-refractivity contribution in [3.63, 3.8) is 0 Å². The molecule has 8 heteroatoms. The van der Waals surface area contributed by atoms with Crippen LogP contribution in [0.4, 0.5) is 9.39 Å². The first-order valence-corrected chi connectivity index (χ1v) is 8.76. The fourth-order valence-electron chi connectivity index (χ4n) is 1.66. The van der Waals surface area contributed by atoms with Gasteiger partial charge in [0.15, 0.2) is 6.61 Å². The van der Waals surface area contributed by atoms with Gasteiger partial charge in [0.2, 0.25) is 0 Å². The number of hydrogen-bond donors (Lipinski definition) is 1.